The number of nitrogens with zero attached hydrogens (tertiary/aromatic N) is 3. The topological polar surface area (TPSA) is 124 Å². The number of fused-ring (bicyclic) bond motifs is 4. The van der Waals surface area contributed by atoms with E-state index in [1.165, 1.54) is 7.11 Å². The summed E-state index contributed by atoms with van der Waals surface area (Å²) in [6, 6.07) is 13.1. The number of ether oxygens (including phenoxy) is 3. The zero-order valence-corrected chi connectivity index (χ0v) is 29.0. The number of allylic oxidation sites excluding steroid dienone is 1. The molecule has 11 nitrogen and oxygen atoms in total. The van der Waals surface area contributed by atoms with Crippen molar-refractivity contribution in [2.75, 3.05) is 30.9 Å². The molecule has 0 aliphatic carbocycles. The SMILES string of the molecule is COC(=O)Nc1ccc2c(c1)NC(=O)CC/C=C\C[C@H](N1CCC(c3cccc(Cl)c3)OC1=O)c1nc-2cn1COCC[Si](C)(C)C. The van der Waals surface area contributed by atoms with Crippen LogP contribution in [-0.2, 0) is 25.7 Å². The van der Waals surface area contributed by atoms with Gasteiger partial charge >= 0.3 is 12.2 Å². The Morgan fingerprint density at radius 1 is 1.17 bits per heavy atom. The molecule has 2 atom stereocenters. The van der Waals surface area contributed by atoms with Crippen LogP contribution in [-0.4, -0.2) is 60.9 Å². The van der Waals surface area contributed by atoms with Crippen LogP contribution in [0, 0.1) is 0 Å². The Kier molecular flexibility index (Phi) is 11.0. The highest BCUT2D eigenvalue weighted by molar-refractivity contribution is 6.76. The highest BCUT2D eigenvalue weighted by Gasteiger charge is 2.36. The predicted molar refractivity (Wildman–Crippen MR) is 184 cm³/mol. The Morgan fingerprint density at radius 2 is 2.00 bits per heavy atom. The molecule has 3 heterocycles. The van der Waals surface area contributed by atoms with E-state index < -0.39 is 32.4 Å². The summed E-state index contributed by atoms with van der Waals surface area (Å²) in [5, 5.41) is 6.23. The van der Waals surface area contributed by atoms with E-state index in [1.807, 2.05) is 41.1 Å². The fourth-order valence-corrected chi connectivity index (χ4v) is 6.51. The molecule has 2 aromatic carbocycles. The number of hydrogen-bond acceptors (Lipinski definition) is 7. The van der Waals surface area contributed by atoms with E-state index in [9.17, 15) is 14.4 Å². The summed E-state index contributed by atoms with van der Waals surface area (Å²) in [7, 11) is -0.0376. The quantitative estimate of drug-likeness (QED) is 0.140. The number of nitrogens with one attached hydrogen (secondary N) is 2. The number of anilines is 2. The number of carbonyl (C=O) groups is 3. The second-order valence-electron chi connectivity index (χ2n) is 12.9. The summed E-state index contributed by atoms with van der Waals surface area (Å²) in [5.74, 6) is 0.465. The minimum Gasteiger partial charge on any atom is -0.453 e. The zero-order valence-electron chi connectivity index (χ0n) is 27.3. The normalized spacial score (nSPS) is 19.3. The van der Waals surface area contributed by atoms with E-state index in [-0.39, 0.29) is 19.1 Å². The molecule has 0 spiro atoms. The molecule has 3 amide bonds. The van der Waals surface area contributed by atoms with Crippen LogP contribution in [0.15, 0.2) is 60.8 Å². The van der Waals surface area contributed by atoms with Crippen LogP contribution in [0.2, 0.25) is 30.7 Å². The van der Waals surface area contributed by atoms with Crippen molar-refractivity contribution in [1.82, 2.24) is 14.5 Å². The molecular weight excluding hydrogens is 638 g/mol. The Bertz CT molecular complexity index is 1640. The van der Waals surface area contributed by atoms with Crippen molar-refractivity contribution in [3.8, 4) is 11.3 Å². The number of methoxy groups -OCH3 is 1. The van der Waals surface area contributed by atoms with Gasteiger partial charge in [-0.15, -0.1) is 0 Å². The summed E-state index contributed by atoms with van der Waals surface area (Å²) in [4.78, 5) is 45.4. The Morgan fingerprint density at radius 3 is 2.74 bits per heavy atom. The maximum Gasteiger partial charge on any atom is 0.411 e. The fourth-order valence-electron chi connectivity index (χ4n) is 5.55. The van der Waals surface area contributed by atoms with Gasteiger partial charge < -0.3 is 24.1 Å². The highest BCUT2D eigenvalue weighted by atomic mass is 35.5. The summed E-state index contributed by atoms with van der Waals surface area (Å²) in [6.45, 7) is 8.21. The van der Waals surface area contributed by atoms with E-state index in [4.69, 9.17) is 30.8 Å². The van der Waals surface area contributed by atoms with Crippen LogP contribution >= 0.6 is 11.6 Å². The third-order valence-corrected chi connectivity index (χ3v) is 10.0. The van der Waals surface area contributed by atoms with Crippen LogP contribution in [0.25, 0.3) is 11.3 Å². The molecule has 1 fully saturated rings. The molecule has 1 unspecified atom stereocenters. The van der Waals surface area contributed by atoms with Crippen LogP contribution in [0.3, 0.4) is 0 Å². The van der Waals surface area contributed by atoms with Gasteiger partial charge in [0.1, 0.15) is 18.7 Å². The van der Waals surface area contributed by atoms with Crippen LogP contribution in [0.5, 0.6) is 0 Å². The van der Waals surface area contributed by atoms with Gasteiger partial charge in [-0.1, -0.05) is 55.5 Å². The summed E-state index contributed by atoms with van der Waals surface area (Å²) in [5.41, 5.74) is 3.04. The Labute approximate surface area is 281 Å². The lowest BCUT2D eigenvalue weighted by Crippen LogP contribution is -2.42. The molecule has 2 N–H and O–H groups in total. The second kappa shape index (κ2) is 15.2. The van der Waals surface area contributed by atoms with Crippen LogP contribution in [0.1, 0.15) is 49.2 Å². The molecule has 2 aliphatic rings. The number of benzene rings is 2. The van der Waals surface area contributed by atoms with Crippen molar-refractivity contribution in [3.63, 3.8) is 0 Å². The van der Waals surface area contributed by atoms with Gasteiger partial charge in [0.05, 0.1) is 24.5 Å². The average Bonchev–Trinajstić information content (AvgIpc) is 3.44. The van der Waals surface area contributed by atoms with E-state index in [0.29, 0.717) is 65.9 Å². The second-order valence-corrected chi connectivity index (χ2v) is 19.0. The number of imidazole rings is 1. The molecule has 2 bridgehead atoms. The van der Waals surface area contributed by atoms with Crippen molar-refractivity contribution in [2.45, 2.75) is 70.2 Å². The number of halogens is 1. The number of amides is 3. The Hall–Kier alpha value is -4.13. The van der Waals surface area contributed by atoms with Crippen LogP contribution < -0.4 is 10.6 Å². The number of cyclic esters (lactones) is 1. The molecule has 250 valence electrons. The first kappa shape index (κ1) is 34.2. The van der Waals surface area contributed by atoms with Gasteiger partial charge in [-0.2, -0.15) is 0 Å². The zero-order chi connectivity index (χ0) is 33.6. The predicted octanol–water partition coefficient (Wildman–Crippen LogP) is 8.00. The smallest absolute Gasteiger partial charge is 0.411 e. The van der Waals surface area contributed by atoms with Crippen molar-refractivity contribution >= 4 is 49.1 Å². The van der Waals surface area contributed by atoms with E-state index >= 15 is 0 Å². The van der Waals surface area contributed by atoms with Gasteiger partial charge in [-0.25, -0.2) is 14.6 Å². The molecule has 0 radical (unpaired) electrons. The van der Waals surface area contributed by atoms with Gasteiger partial charge in [0, 0.05) is 56.5 Å². The molecular formula is C34H42ClN5O6Si. The van der Waals surface area contributed by atoms with Crippen molar-refractivity contribution in [3.05, 3.63) is 77.2 Å². The summed E-state index contributed by atoms with van der Waals surface area (Å²) < 4.78 is 18.8. The monoisotopic (exact) mass is 679 g/mol. The third kappa shape index (κ3) is 9.02. The number of carbonyl (C=O) groups excluding carboxylic acids is 3. The first-order valence-electron chi connectivity index (χ1n) is 15.8. The molecule has 1 aromatic heterocycles. The third-order valence-electron chi connectivity index (χ3n) is 8.10. The lowest BCUT2D eigenvalue weighted by molar-refractivity contribution is -0.116. The maximum atomic E-state index is 13.7. The minimum absolute atomic E-state index is 0.178. The van der Waals surface area contributed by atoms with Gasteiger partial charge in [0.25, 0.3) is 0 Å². The molecule has 1 saturated heterocycles. The molecule has 5 rings (SSSR count). The maximum absolute atomic E-state index is 13.7. The molecule has 13 heteroatoms. The fraction of sp³-hybridized carbons (Fsp3) is 0.412. The minimum atomic E-state index is -1.32. The number of rotatable bonds is 8. The van der Waals surface area contributed by atoms with Crippen molar-refractivity contribution in [1.29, 1.82) is 0 Å². The largest absolute Gasteiger partial charge is 0.453 e. The molecule has 0 saturated carbocycles. The van der Waals surface area contributed by atoms with E-state index in [2.05, 4.69) is 30.3 Å². The van der Waals surface area contributed by atoms with Gasteiger partial charge in [-0.3, -0.25) is 15.0 Å². The first-order valence-corrected chi connectivity index (χ1v) is 19.9. The summed E-state index contributed by atoms with van der Waals surface area (Å²) >= 11 is 6.22. The summed E-state index contributed by atoms with van der Waals surface area (Å²) in [6.07, 6.45) is 6.18. The van der Waals surface area contributed by atoms with E-state index in [0.717, 1.165) is 11.6 Å². The molecule has 47 heavy (non-hydrogen) atoms. The lowest BCUT2D eigenvalue weighted by Gasteiger charge is -2.36. The van der Waals surface area contributed by atoms with Gasteiger partial charge in [0.2, 0.25) is 5.91 Å². The first-order chi connectivity index (χ1) is 22.5. The van der Waals surface area contributed by atoms with Crippen molar-refractivity contribution in [2.24, 2.45) is 0 Å². The highest BCUT2D eigenvalue weighted by Crippen LogP contribution is 2.37. The van der Waals surface area contributed by atoms with Crippen molar-refractivity contribution < 1.29 is 28.6 Å². The standard InChI is InChI=1S/C34H42ClN5O6Si/c1-44-33(42)36-25-13-14-26-27(20-25)37-31(41)12-7-5-6-11-29(32-38-28(26)21-39(32)22-45-17-18-47(2,3)4)40-16-15-30(46-34(40)43)23-9-8-10-24(35)19-23/h5-6,8-10,13-14,19-21,29-30H,7,11-12,15-18,22H2,1-4H3,(H,36,42)(H,37,41)/b6-5-/t29-,30?/m0/s1. The number of aromatic nitrogens is 2. The average molecular weight is 680 g/mol. The van der Waals surface area contributed by atoms with Crippen LogP contribution in [0.4, 0.5) is 21.0 Å². The van der Waals surface area contributed by atoms with Gasteiger partial charge in [0.15, 0.2) is 0 Å². The number of hydrogen-bond donors (Lipinski definition) is 2. The van der Waals surface area contributed by atoms with Gasteiger partial charge in [-0.05, 0) is 54.8 Å². The molecule has 2 aliphatic heterocycles. The Balaban J connectivity index is 1.52. The molecule has 3 aromatic rings. The lowest BCUT2D eigenvalue weighted by atomic mass is 10.0. The van der Waals surface area contributed by atoms with E-state index in [1.54, 1.807) is 29.2 Å².